The van der Waals surface area contributed by atoms with Gasteiger partial charge < -0.3 is 15.5 Å². The summed E-state index contributed by atoms with van der Waals surface area (Å²) in [6.45, 7) is 4.52. The lowest BCUT2D eigenvalue weighted by atomic mass is 9.95. The van der Waals surface area contributed by atoms with Crippen LogP contribution in [0.15, 0.2) is 24.3 Å². The lowest BCUT2D eigenvalue weighted by Gasteiger charge is -2.32. The molecule has 2 atom stereocenters. The van der Waals surface area contributed by atoms with Crippen molar-refractivity contribution in [2.24, 2.45) is 17.8 Å². The second-order valence-electron chi connectivity index (χ2n) is 9.00. The Morgan fingerprint density at radius 2 is 1.54 bits per heavy atom. The summed E-state index contributed by atoms with van der Waals surface area (Å²) in [5.41, 5.74) is 2.04. The fourth-order valence-electron chi connectivity index (χ4n) is 4.59. The quantitative estimate of drug-likeness (QED) is 0.809. The van der Waals surface area contributed by atoms with E-state index < -0.39 is 0 Å². The highest BCUT2D eigenvalue weighted by atomic mass is 16.2. The average molecular weight is 384 g/mol. The van der Waals surface area contributed by atoms with Gasteiger partial charge >= 0.3 is 0 Å². The molecule has 2 saturated carbocycles. The van der Waals surface area contributed by atoms with Crippen LogP contribution in [0, 0.1) is 17.8 Å². The summed E-state index contributed by atoms with van der Waals surface area (Å²) in [6.07, 6.45) is 8.99. The highest BCUT2D eigenvalue weighted by molar-refractivity contribution is 5.99. The average Bonchev–Trinajstić information content (AvgIpc) is 3.51. The number of amides is 2. The fourth-order valence-corrected chi connectivity index (χ4v) is 4.59. The number of anilines is 2. The van der Waals surface area contributed by atoms with Crippen molar-refractivity contribution in [1.82, 2.24) is 5.32 Å². The molecule has 5 heteroatoms. The number of hydrogen-bond acceptors (Lipinski definition) is 3. The Morgan fingerprint density at radius 3 is 2.21 bits per heavy atom. The van der Waals surface area contributed by atoms with Gasteiger partial charge in [-0.2, -0.15) is 0 Å². The maximum atomic E-state index is 12.5. The third kappa shape index (κ3) is 4.68. The molecule has 3 fully saturated rings. The third-order valence-corrected chi connectivity index (χ3v) is 6.70. The van der Waals surface area contributed by atoms with Gasteiger partial charge in [-0.25, -0.2) is 0 Å². The zero-order valence-electron chi connectivity index (χ0n) is 17.0. The molecule has 4 rings (SSSR count). The van der Waals surface area contributed by atoms with Crippen molar-refractivity contribution in [2.75, 3.05) is 23.3 Å². The molecule has 2 unspecified atom stereocenters. The van der Waals surface area contributed by atoms with Crippen LogP contribution in [0.25, 0.3) is 0 Å². The van der Waals surface area contributed by atoms with Gasteiger partial charge in [0.25, 0.3) is 0 Å². The van der Waals surface area contributed by atoms with Gasteiger partial charge in [-0.05, 0) is 62.3 Å². The number of carbonyl (C=O) groups excluding carboxylic acids is 2. The van der Waals surface area contributed by atoms with Gasteiger partial charge in [-0.3, -0.25) is 9.59 Å². The Kier molecular flexibility index (Phi) is 5.88. The SMILES string of the molecule is CC1CCN(c2ccc(NC(=O)C3CC3C(=O)NC3CCCCC3)cc2)CC1. The van der Waals surface area contributed by atoms with Gasteiger partial charge in [0.2, 0.25) is 11.8 Å². The van der Waals surface area contributed by atoms with Gasteiger partial charge in [-0.15, -0.1) is 0 Å². The van der Waals surface area contributed by atoms with E-state index in [1.807, 2.05) is 12.1 Å². The molecular weight excluding hydrogens is 350 g/mol. The first kappa shape index (κ1) is 19.3. The van der Waals surface area contributed by atoms with Gasteiger partial charge in [-0.1, -0.05) is 26.2 Å². The third-order valence-electron chi connectivity index (χ3n) is 6.70. The molecule has 1 saturated heterocycles. The Bertz CT molecular complexity index is 688. The molecule has 152 valence electrons. The van der Waals surface area contributed by atoms with Crippen LogP contribution >= 0.6 is 0 Å². The number of nitrogens with zero attached hydrogens (tertiary/aromatic N) is 1. The zero-order valence-corrected chi connectivity index (χ0v) is 17.0. The first-order valence-electron chi connectivity index (χ1n) is 11.1. The van der Waals surface area contributed by atoms with Gasteiger partial charge in [0, 0.05) is 30.5 Å². The minimum atomic E-state index is -0.174. The molecule has 3 aliphatic rings. The predicted molar refractivity (Wildman–Crippen MR) is 112 cm³/mol. The van der Waals surface area contributed by atoms with Gasteiger partial charge in [0.1, 0.15) is 0 Å². The lowest BCUT2D eigenvalue weighted by Crippen LogP contribution is -2.37. The number of rotatable bonds is 5. The molecule has 0 spiro atoms. The molecule has 0 radical (unpaired) electrons. The van der Waals surface area contributed by atoms with Crippen molar-refractivity contribution in [2.45, 2.75) is 64.3 Å². The Morgan fingerprint density at radius 1 is 0.893 bits per heavy atom. The van der Waals surface area contributed by atoms with Crippen LogP contribution in [-0.4, -0.2) is 30.9 Å². The summed E-state index contributed by atoms with van der Waals surface area (Å²) < 4.78 is 0. The second-order valence-corrected chi connectivity index (χ2v) is 9.00. The van der Waals surface area contributed by atoms with E-state index >= 15 is 0 Å². The molecule has 0 bridgehead atoms. The zero-order chi connectivity index (χ0) is 19.5. The molecule has 1 aromatic carbocycles. The molecule has 0 aromatic heterocycles. The maximum absolute atomic E-state index is 12.5. The summed E-state index contributed by atoms with van der Waals surface area (Å²) in [7, 11) is 0. The number of hydrogen-bond donors (Lipinski definition) is 2. The van der Waals surface area contributed by atoms with Crippen LogP contribution in [-0.2, 0) is 9.59 Å². The Balaban J connectivity index is 1.24. The summed E-state index contributed by atoms with van der Waals surface area (Å²) >= 11 is 0. The van der Waals surface area contributed by atoms with Crippen molar-refractivity contribution in [3.05, 3.63) is 24.3 Å². The first-order valence-corrected chi connectivity index (χ1v) is 11.1. The standard InChI is InChI=1S/C23H33N3O2/c1-16-11-13-26(14-12-16)19-9-7-18(8-10-19)25-23(28)21-15-20(21)22(27)24-17-5-3-2-4-6-17/h7-10,16-17,20-21H,2-6,11-15H2,1H3,(H,24,27)(H,25,28). The minimum Gasteiger partial charge on any atom is -0.372 e. The summed E-state index contributed by atoms with van der Waals surface area (Å²) in [5, 5.41) is 6.14. The molecule has 2 aliphatic carbocycles. The maximum Gasteiger partial charge on any atom is 0.228 e. The van der Waals surface area contributed by atoms with Crippen molar-refractivity contribution in [3.63, 3.8) is 0 Å². The molecule has 28 heavy (non-hydrogen) atoms. The van der Waals surface area contributed by atoms with E-state index in [1.54, 1.807) is 0 Å². The molecule has 2 N–H and O–H groups in total. The van der Waals surface area contributed by atoms with Crippen LogP contribution in [0.2, 0.25) is 0 Å². The summed E-state index contributed by atoms with van der Waals surface area (Å²) in [4.78, 5) is 27.3. The smallest absolute Gasteiger partial charge is 0.228 e. The fraction of sp³-hybridized carbons (Fsp3) is 0.652. The molecule has 2 amide bonds. The van der Waals surface area contributed by atoms with Crippen LogP contribution in [0.1, 0.15) is 58.3 Å². The van der Waals surface area contributed by atoms with E-state index in [0.717, 1.165) is 37.5 Å². The predicted octanol–water partition coefficient (Wildman–Crippen LogP) is 3.95. The molecule has 1 heterocycles. The van der Waals surface area contributed by atoms with Crippen molar-refractivity contribution in [3.8, 4) is 0 Å². The largest absolute Gasteiger partial charge is 0.372 e. The molecule has 5 nitrogen and oxygen atoms in total. The summed E-state index contributed by atoms with van der Waals surface area (Å²) in [6, 6.07) is 8.45. The van der Waals surface area contributed by atoms with Crippen LogP contribution in [0.5, 0.6) is 0 Å². The highest BCUT2D eigenvalue weighted by Crippen LogP contribution is 2.40. The van der Waals surface area contributed by atoms with E-state index in [0.29, 0.717) is 12.5 Å². The topological polar surface area (TPSA) is 61.4 Å². The van der Waals surface area contributed by atoms with Crippen LogP contribution in [0.4, 0.5) is 11.4 Å². The van der Waals surface area contributed by atoms with E-state index in [9.17, 15) is 9.59 Å². The van der Waals surface area contributed by atoms with Crippen LogP contribution < -0.4 is 15.5 Å². The Hall–Kier alpha value is -2.04. The normalized spacial score (nSPS) is 26.0. The first-order chi connectivity index (χ1) is 13.6. The molecule has 1 aliphatic heterocycles. The Labute approximate surface area is 168 Å². The van der Waals surface area contributed by atoms with Gasteiger partial charge in [0.15, 0.2) is 0 Å². The van der Waals surface area contributed by atoms with E-state index in [2.05, 4.69) is 34.6 Å². The van der Waals surface area contributed by atoms with E-state index in [1.165, 1.54) is 37.8 Å². The highest BCUT2D eigenvalue weighted by Gasteiger charge is 2.48. The lowest BCUT2D eigenvalue weighted by molar-refractivity contribution is -0.126. The van der Waals surface area contributed by atoms with E-state index in [-0.39, 0.29) is 23.7 Å². The monoisotopic (exact) mass is 383 g/mol. The van der Waals surface area contributed by atoms with Crippen molar-refractivity contribution in [1.29, 1.82) is 0 Å². The number of benzene rings is 1. The number of piperidine rings is 1. The number of carbonyl (C=O) groups is 2. The molecular formula is C23H33N3O2. The summed E-state index contributed by atoms with van der Waals surface area (Å²) in [5.74, 6) is 0.546. The second kappa shape index (κ2) is 8.54. The van der Waals surface area contributed by atoms with E-state index in [4.69, 9.17) is 0 Å². The molecule has 1 aromatic rings. The van der Waals surface area contributed by atoms with Crippen molar-refractivity contribution < 1.29 is 9.59 Å². The van der Waals surface area contributed by atoms with Gasteiger partial charge in [0.05, 0.1) is 11.8 Å². The van der Waals surface area contributed by atoms with Crippen molar-refractivity contribution >= 4 is 23.2 Å². The minimum absolute atomic E-state index is 0.0247. The number of nitrogens with one attached hydrogen (secondary N) is 2. The van der Waals surface area contributed by atoms with Crippen LogP contribution in [0.3, 0.4) is 0 Å².